The molecule has 0 aliphatic rings. The van der Waals surface area contributed by atoms with Crippen molar-refractivity contribution in [3.05, 3.63) is 75.5 Å². The fraction of sp³-hybridized carbons (Fsp3) is 0.105. The molecule has 0 atom stereocenters. The Morgan fingerprint density at radius 1 is 1.23 bits per heavy atom. The molecule has 0 unspecified atom stereocenters. The summed E-state index contributed by atoms with van der Waals surface area (Å²) in [4.78, 5) is 23.8. The lowest BCUT2D eigenvalue weighted by Crippen LogP contribution is -2.17. The van der Waals surface area contributed by atoms with E-state index in [2.05, 4.69) is 19.7 Å². The number of nitrogens with one attached hydrogen (secondary N) is 2. The van der Waals surface area contributed by atoms with Crippen molar-refractivity contribution in [3.63, 3.8) is 0 Å². The van der Waals surface area contributed by atoms with Gasteiger partial charge >= 0.3 is 5.69 Å². The topological polar surface area (TPSA) is 110 Å². The van der Waals surface area contributed by atoms with E-state index in [0.29, 0.717) is 33.8 Å². The number of anilines is 1. The van der Waals surface area contributed by atoms with Crippen LogP contribution in [-0.2, 0) is 16.6 Å². The minimum absolute atomic E-state index is 0.0395. The van der Waals surface area contributed by atoms with E-state index in [1.807, 2.05) is 0 Å². The molecule has 2 aromatic carbocycles. The van der Waals surface area contributed by atoms with Crippen molar-refractivity contribution in [1.29, 1.82) is 0 Å². The number of halogens is 2. The molecule has 2 N–H and O–H groups in total. The third kappa shape index (κ3) is 4.19. The average molecular weight is 448 g/mol. The Kier molecular flexibility index (Phi) is 5.04. The van der Waals surface area contributed by atoms with Crippen LogP contribution in [0.1, 0.15) is 5.56 Å². The normalized spacial score (nSPS) is 11.7. The third-order valence-electron chi connectivity index (χ3n) is 4.27. The zero-order chi connectivity index (χ0) is 21.5. The van der Waals surface area contributed by atoms with Crippen molar-refractivity contribution in [3.8, 4) is 11.3 Å². The van der Waals surface area contributed by atoms with Crippen molar-refractivity contribution >= 4 is 38.6 Å². The predicted molar refractivity (Wildman–Crippen MR) is 113 cm³/mol. The Hall–Kier alpha value is -3.24. The van der Waals surface area contributed by atoms with Gasteiger partial charge in [-0.1, -0.05) is 29.8 Å². The van der Waals surface area contributed by atoms with E-state index < -0.39 is 21.5 Å². The Morgan fingerprint density at radius 2 is 2.03 bits per heavy atom. The van der Waals surface area contributed by atoms with Gasteiger partial charge in [0.15, 0.2) is 11.3 Å². The van der Waals surface area contributed by atoms with Gasteiger partial charge in [-0.25, -0.2) is 27.6 Å². The van der Waals surface area contributed by atoms with Crippen LogP contribution in [0.25, 0.3) is 22.6 Å². The Balaban J connectivity index is 1.76. The predicted octanol–water partition coefficient (Wildman–Crippen LogP) is 3.00. The number of sulfonamides is 1. The molecule has 2 heterocycles. The van der Waals surface area contributed by atoms with Crippen molar-refractivity contribution in [2.24, 2.45) is 0 Å². The monoisotopic (exact) mass is 447 g/mol. The van der Waals surface area contributed by atoms with Gasteiger partial charge < -0.3 is 0 Å². The molecule has 0 amide bonds. The number of fused-ring (bicyclic) bond motifs is 1. The fourth-order valence-electron chi connectivity index (χ4n) is 2.98. The number of hydrogen-bond donors (Lipinski definition) is 2. The number of imidazole rings is 1. The first kappa shape index (κ1) is 20.0. The Bertz CT molecular complexity index is 1430. The first-order valence-electron chi connectivity index (χ1n) is 8.67. The van der Waals surface area contributed by atoms with Crippen molar-refractivity contribution in [2.45, 2.75) is 6.54 Å². The molecule has 4 rings (SSSR count). The summed E-state index contributed by atoms with van der Waals surface area (Å²) in [6.07, 6.45) is 2.54. The molecular formula is C19H15ClFN5O3S. The van der Waals surface area contributed by atoms with E-state index in [0.717, 1.165) is 6.26 Å². The summed E-state index contributed by atoms with van der Waals surface area (Å²) in [5.74, 6) is -0.545. The van der Waals surface area contributed by atoms with E-state index in [1.165, 1.54) is 29.0 Å². The lowest BCUT2D eigenvalue weighted by Gasteiger charge is -2.07. The van der Waals surface area contributed by atoms with Gasteiger partial charge in [0.05, 0.1) is 29.7 Å². The number of hydrogen-bond acceptors (Lipinski definition) is 5. The SMILES string of the molecule is CS(=O)(=O)Nc1cccc(-c2cnc3[nH]c(=O)n(Cc4ccc(F)c(Cl)c4)c3n2)c1. The number of H-pyrrole nitrogens is 1. The second-order valence-electron chi connectivity index (χ2n) is 6.65. The summed E-state index contributed by atoms with van der Waals surface area (Å²) < 4.78 is 40.1. The van der Waals surface area contributed by atoms with Crippen LogP contribution < -0.4 is 10.4 Å². The summed E-state index contributed by atoms with van der Waals surface area (Å²) in [5, 5.41) is -0.0395. The molecule has 0 saturated heterocycles. The summed E-state index contributed by atoms with van der Waals surface area (Å²) in [6.45, 7) is 0.118. The largest absolute Gasteiger partial charge is 0.329 e. The van der Waals surface area contributed by atoms with Gasteiger partial charge in [-0.15, -0.1) is 0 Å². The maximum Gasteiger partial charge on any atom is 0.329 e. The second kappa shape index (κ2) is 7.54. The minimum Gasteiger partial charge on any atom is -0.289 e. The smallest absolute Gasteiger partial charge is 0.289 e. The molecule has 0 spiro atoms. The Morgan fingerprint density at radius 3 is 2.77 bits per heavy atom. The van der Waals surface area contributed by atoms with Gasteiger partial charge in [-0.2, -0.15) is 0 Å². The van der Waals surface area contributed by atoms with Crippen LogP contribution in [0.3, 0.4) is 0 Å². The van der Waals surface area contributed by atoms with E-state index in [-0.39, 0.29) is 11.6 Å². The number of aromatic nitrogens is 4. The fourth-order valence-corrected chi connectivity index (χ4v) is 3.74. The van der Waals surface area contributed by atoms with Crippen LogP contribution in [0.2, 0.25) is 5.02 Å². The zero-order valence-corrected chi connectivity index (χ0v) is 17.1. The first-order valence-corrected chi connectivity index (χ1v) is 10.9. The maximum atomic E-state index is 13.4. The van der Waals surface area contributed by atoms with E-state index >= 15 is 0 Å². The van der Waals surface area contributed by atoms with Gasteiger partial charge in [0, 0.05) is 11.3 Å². The average Bonchev–Trinajstić information content (AvgIpc) is 2.98. The summed E-state index contributed by atoms with van der Waals surface area (Å²) in [6, 6.07) is 10.9. The van der Waals surface area contributed by atoms with Gasteiger partial charge in [0.2, 0.25) is 10.0 Å². The van der Waals surface area contributed by atoms with Gasteiger partial charge in [0.1, 0.15) is 5.82 Å². The van der Waals surface area contributed by atoms with E-state index in [9.17, 15) is 17.6 Å². The summed E-state index contributed by atoms with van der Waals surface area (Å²) >= 11 is 5.83. The molecule has 0 bridgehead atoms. The van der Waals surface area contributed by atoms with Crippen LogP contribution in [0.5, 0.6) is 0 Å². The Labute approximate surface area is 175 Å². The van der Waals surface area contributed by atoms with Gasteiger partial charge in [-0.3, -0.25) is 14.3 Å². The minimum atomic E-state index is -3.43. The molecule has 8 nitrogen and oxygen atoms in total. The first-order chi connectivity index (χ1) is 14.2. The number of nitrogens with zero attached hydrogens (tertiary/aromatic N) is 3. The molecular weight excluding hydrogens is 433 g/mol. The molecule has 30 heavy (non-hydrogen) atoms. The highest BCUT2D eigenvalue weighted by atomic mass is 35.5. The highest BCUT2D eigenvalue weighted by Gasteiger charge is 2.13. The van der Waals surface area contributed by atoms with Gasteiger partial charge in [0.25, 0.3) is 0 Å². The lowest BCUT2D eigenvalue weighted by atomic mass is 10.1. The molecule has 0 fully saturated rings. The molecule has 2 aromatic heterocycles. The molecule has 0 radical (unpaired) electrons. The van der Waals surface area contributed by atoms with Crippen molar-refractivity contribution in [1.82, 2.24) is 19.5 Å². The standard InChI is InChI=1S/C19H15ClFN5O3S/c1-30(28,29)25-13-4-2-3-12(8-13)16-9-22-17-18(23-16)26(19(27)24-17)10-11-5-6-15(21)14(20)7-11/h2-9,25H,10H2,1H3,(H,22,24,27). The maximum absolute atomic E-state index is 13.4. The highest BCUT2D eigenvalue weighted by Crippen LogP contribution is 2.23. The summed E-state index contributed by atoms with van der Waals surface area (Å²) in [7, 11) is -3.43. The molecule has 0 aliphatic heterocycles. The van der Waals surface area contributed by atoms with Crippen molar-refractivity contribution < 1.29 is 12.8 Å². The van der Waals surface area contributed by atoms with Crippen LogP contribution in [0, 0.1) is 5.82 Å². The summed E-state index contributed by atoms with van der Waals surface area (Å²) in [5.41, 5.74) is 2.24. The van der Waals surface area contributed by atoms with E-state index in [1.54, 1.807) is 24.3 Å². The van der Waals surface area contributed by atoms with Crippen LogP contribution in [0.15, 0.2) is 53.5 Å². The van der Waals surface area contributed by atoms with Crippen LogP contribution >= 0.6 is 11.6 Å². The molecule has 0 saturated carbocycles. The molecule has 154 valence electrons. The van der Waals surface area contributed by atoms with Crippen molar-refractivity contribution in [2.75, 3.05) is 11.0 Å². The molecule has 4 aromatic rings. The highest BCUT2D eigenvalue weighted by molar-refractivity contribution is 7.92. The zero-order valence-electron chi connectivity index (χ0n) is 15.6. The molecule has 11 heteroatoms. The second-order valence-corrected chi connectivity index (χ2v) is 8.80. The number of benzene rings is 2. The van der Waals surface area contributed by atoms with Crippen LogP contribution in [0.4, 0.5) is 10.1 Å². The van der Waals surface area contributed by atoms with Gasteiger partial charge in [-0.05, 0) is 29.8 Å². The third-order valence-corrected chi connectivity index (χ3v) is 5.16. The van der Waals surface area contributed by atoms with Crippen LogP contribution in [-0.4, -0.2) is 34.2 Å². The quantitative estimate of drug-likeness (QED) is 0.488. The lowest BCUT2D eigenvalue weighted by molar-refractivity contribution is 0.607. The number of aromatic amines is 1. The molecule has 0 aliphatic carbocycles. The number of rotatable bonds is 5. The van der Waals surface area contributed by atoms with E-state index in [4.69, 9.17) is 11.6 Å².